The van der Waals surface area contributed by atoms with Gasteiger partial charge in [-0.2, -0.15) is 0 Å². The zero-order chi connectivity index (χ0) is 17.1. The second-order valence-electron chi connectivity index (χ2n) is 6.57. The summed E-state index contributed by atoms with van der Waals surface area (Å²) in [6, 6.07) is 10.2. The lowest BCUT2D eigenvalue weighted by Gasteiger charge is -2.52. The van der Waals surface area contributed by atoms with E-state index in [1.54, 1.807) is 24.3 Å². The molecule has 1 aromatic heterocycles. The monoisotopic (exact) mass is 339 g/mol. The molecular weight excluding hydrogens is 322 g/mol. The van der Waals surface area contributed by atoms with Gasteiger partial charge in [0.15, 0.2) is 5.69 Å². The van der Waals surface area contributed by atoms with Crippen LogP contribution in [0.4, 0.5) is 11.5 Å². The van der Waals surface area contributed by atoms with E-state index in [-0.39, 0.29) is 17.9 Å². The van der Waals surface area contributed by atoms with Gasteiger partial charge in [0, 0.05) is 12.0 Å². The summed E-state index contributed by atoms with van der Waals surface area (Å²) in [4.78, 5) is 8.09. The summed E-state index contributed by atoms with van der Waals surface area (Å²) in [5, 5.41) is 0. The first kappa shape index (κ1) is 15.2. The molecule has 3 heterocycles. The summed E-state index contributed by atoms with van der Waals surface area (Å²) in [5.41, 5.74) is 2.39. The summed E-state index contributed by atoms with van der Waals surface area (Å²) < 4.78 is 28.0. The van der Waals surface area contributed by atoms with E-state index in [2.05, 4.69) is 16.8 Å². The van der Waals surface area contributed by atoms with E-state index in [0.29, 0.717) is 16.4 Å². The Morgan fingerprint density at radius 1 is 1.21 bits per heavy atom. The van der Waals surface area contributed by atoms with Crippen LogP contribution in [0.2, 0.25) is 0 Å². The molecule has 2 aromatic rings. The van der Waals surface area contributed by atoms with E-state index >= 15 is 0 Å². The first-order valence-electron chi connectivity index (χ1n) is 7.93. The maximum atomic E-state index is 13.2. The molecule has 1 fully saturated rings. The van der Waals surface area contributed by atoms with Gasteiger partial charge in [-0.15, -0.1) is 4.98 Å². The molecule has 3 atom stereocenters. The number of hydrogen-bond donors (Lipinski definition) is 0. The highest BCUT2D eigenvalue weighted by Gasteiger charge is 2.54. The molecule has 0 saturated heterocycles. The van der Waals surface area contributed by atoms with Crippen molar-refractivity contribution in [1.29, 1.82) is 0 Å². The van der Waals surface area contributed by atoms with Gasteiger partial charge in [0.1, 0.15) is 0 Å². The van der Waals surface area contributed by atoms with Crippen molar-refractivity contribution in [3.05, 3.63) is 59.1 Å². The van der Waals surface area contributed by atoms with E-state index in [1.807, 2.05) is 19.1 Å². The van der Waals surface area contributed by atoms with Crippen molar-refractivity contribution in [2.24, 2.45) is 5.92 Å². The quantitative estimate of drug-likeness (QED) is 0.785. The molecule has 0 radical (unpaired) electrons. The molecule has 3 aliphatic rings. The topological polar surface area (TPSA) is 54.6 Å². The van der Waals surface area contributed by atoms with Crippen molar-refractivity contribution in [1.82, 2.24) is 4.98 Å². The van der Waals surface area contributed by atoms with Crippen LogP contribution in [0, 0.1) is 19.4 Å². The Morgan fingerprint density at radius 3 is 2.54 bits per heavy atom. The number of sulfonamides is 1. The Kier molecular flexibility index (Phi) is 3.19. The molecule has 0 amide bonds. The highest BCUT2D eigenvalue weighted by Crippen LogP contribution is 2.55. The number of aryl methyl sites for hydroxylation is 1. The largest absolute Gasteiger partial charge is 0.361 e. The van der Waals surface area contributed by atoms with Crippen molar-refractivity contribution in [3.63, 3.8) is 0 Å². The maximum absolute atomic E-state index is 13.2. The van der Waals surface area contributed by atoms with Crippen LogP contribution < -0.4 is 4.31 Å². The Balaban J connectivity index is 1.87. The molecule has 5 rings (SSSR count). The predicted octanol–water partition coefficient (Wildman–Crippen LogP) is 3.64. The van der Waals surface area contributed by atoms with Gasteiger partial charge in [0.05, 0.1) is 10.6 Å². The van der Waals surface area contributed by atoms with Gasteiger partial charge in [-0.25, -0.2) is 8.42 Å². The summed E-state index contributed by atoms with van der Waals surface area (Å²) in [6.07, 6.45) is 0.772. The Labute approximate surface area is 141 Å². The highest BCUT2D eigenvalue weighted by molar-refractivity contribution is 7.92. The average molecular weight is 339 g/mol. The van der Waals surface area contributed by atoms with Crippen LogP contribution in [-0.4, -0.2) is 19.4 Å². The molecule has 1 aliphatic carbocycles. The number of aromatic nitrogens is 1. The normalized spacial score (nSPS) is 24.7. The van der Waals surface area contributed by atoms with Gasteiger partial charge in [0.25, 0.3) is 15.8 Å². The SMILES string of the molecule is [C-]#[N+]c1ccc2c(n1)C1CC(C1C)N2S(=O)(=O)c1ccc(C)cc1. The number of benzene rings is 1. The van der Waals surface area contributed by atoms with E-state index in [9.17, 15) is 8.42 Å². The van der Waals surface area contributed by atoms with E-state index in [1.165, 1.54) is 4.31 Å². The lowest BCUT2D eigenvalue weighted by atomic mass is 9.65. The minimum absolute atomic E-state index is 0.0330. The van der Waals surface area contributed by atoms with Crippen LogP contribution in [0.3, 0.4) is 0 Å². The molecule has 6 heteroatoms. The van der Waals surface area contributed by atoms with Crippen LogP contribution in [0.25, 0.3) is 4.85 Å². The van der Waals surface area contributed by atoms with Crippen LogP contribution in [-0.2, 0) is 10.0 Å². The minimum atomic E-state index is -3.64. The number of hydrogen-bond acceptors (Lipinski definition) is 3. The van der Waals surface area contributed by atoms with Gasteiger partial charge in [-0.1, -0.05) is 31.2 Å². The minimum Gasteiger partial charge on any atom is -0.361 e. The number of nitrogens with zero attached hydrogens (tertiary/aromatic N) is 3. The molecule has 122 valence electrons. The predicted molar refractivity (Wildman–Crippen MR) is 91.7 cm³/mol. The number of anilines is 1. The summed E-state index contributed by atoms with van der Waals surface area (Å²) in [6.45, 7) is 11.1. The van der Waals surface area contributed by atoms with Crippen LogP contribution in [0.15, 0.2) is 41.3 Å². The lowest BCUT2D eigenvalue weighted by Crippen LogP contribution is -2.57. The highest BCUT2D eigenvalue weighted by atomic mass is 32.2. The molecule has 0 N–H and O–H groups in total. The Hall–Kier alpha value is -2.39. The first-order valence-corrected chi connectivity index (χ1v) is 9.37. The van der Waals surface area contributed by atoms with Crippen molar-refractivity contribution in [2.75, 3.05) is 4.31 Å². The average Bonchev–Trinajstić information content (AvgIpc) is 2.59. The van der Waals surface area contributed by atoms with E-state index < -0.39 is 10.0 Å². The van der Waals surface area contributed by atoms with Gasteiger partial charge >= 0.3 is 0 Å². The zero-order valence-electron chi connectivity index (χ0n) is 13.5. The fourth-order valence-corrected chi connectivity index (χ4v) is 5.48. The third-order valence-corrected chi connectivity index (χ3v) is 7.06. The molecule has 5 nitrogen and oxygen atoms in total. The molecular formula is C18H17N3O2S. The third kappa shape index (κ3) is 1.98. The molecule has 3 unspecified atom stereocenters. The Bertz CT molecular complexity index is 961. The number of rotatable bonds is 2. The summed E-state index contributed by atoms with van der Waals surface area (Å²) >= 11 is 0. The molecule has 24 heavy (non-hydrogen) atoms. The smallest absolute Gasteiger partial charge is 0.269 e. The van der Waals surface area contributed by atoms with Crippen LogP contribution >= 0.6 is 0 Å². The van der Waals surface area contributed by atoms with Crippen molar-refractivity contribution in [3.8, 4) is 0 Å². The second-order valence-corrected chi connectivity index (χ2v) is 8.38. The molecule has 1 saturated carbocycles. The molecule has 1 aromatic carbocycles. The molecule has 0 spiro atoms. The van der Waals surface area contributed by atoms with Crippen LogP contribution in [0.5, 0.6) is 0 Å². The zero-order valence-corrected chi connectivity index (χ0v) is 14.3. The first-order chi connectivity index (χ1) is 11.4. The van der Waals surface area contributed by atoms with Crippen LogP contribution in [0.1, 0.15) is 30.5 Å². The lowest BCUT2D eigenvalue weighted by molar-refractivity contribution is 0.209. The second kappa shape index (κ2) is 5.05. The van der Waals surface area contributed by atoms with Gasteiger partial charge in [0.2, 0.25) is 0 Å². The standard InChI is InChI=1S/C18H17N3O2S/c1-11-4-6-13(7-5-11)24(22,23)21-15-8-9-17(19-3)20-18(15)14-10-16(21)12(14)2/h4-9,12,14,16H,10H2,1-2H3. The summed E-state index contributed by atoms with van der Waals surface area (Å²) in [7, 11) is -3.64. The number of pyridine rings is 1. The van der Waals surface area contributed by atoms with E-state index in [0.717, 1.165) is 17.7 Å². The van der Waals surface area contributed by atoms with Gasteiger partial charge in [-0.3, -0.25) is 4.31 Å². The molecule has 2 bridgehead atoms. The van der Waals surface area contributed by atoms with Gasteiger partial charge < -0.3 is 4.85 Å². The fraction of sp³-hybridized carbons (Fsp3) is 0.333. The van der Waals surface area contributed by atoms with Crippen molar-refractivity contribution < 1.29 is 8.42 Å². The van der Waals surface area contributed by atoms with E-state index in [4.69, 9.17) is 6.57 Å². The van der Waals surface area contributed by atoms with Gasteiger partial charge in [-0.05, 0) is 43.5 Å². The third-order valence-electron chi connectivity index (χ3n) is 5.21. The van der Waals surface area contributed by atoms with Crippen molar-refractivity contribution in [2.45, 2.75) is 37.1 Å². The maximum Gasteiger partial charge on any atom is 0.269 e. The summed E-state index contributed by atoms with van der Waals surface area (Å²) in [5.74, 6) is 0.779. The van der Waals surface area contributed by atoms with Crippen molar-refractivity contribution >= 4 is 21.5 Å². The Morgan fingerprint density at radius 2 is 1.92 bits per heavy atom. The molecule has 2 aliphatic heterocycles. The fourth-order valence-electron chi connectivity index (χ4n) is 3.72.